The van der Waals surface area contributed by atoms with E-state index in [-0.39, 0.29) is 5.91 Å². The van der Waals surface area contributed by atoms with E-state index in [1.54, 1.807) is 17.6 Å². The van der Waals surface area contributed by atoms with Crippen molar-refractivity contribution in [2.75, 3.05) is 0 Å². The minimum Gasteiger partial charge on any atom is -0.455 e. The van der Waals surface area contributed by atoms with Gasteiger partial charge in [0, 0.05) is 22.0 Å². The first-order chi connectivity index (χ1) is 16.6. The molecule has 0 fully saturated rings. The van der Waals surface area contributed by atoms with Crippen LogP contribution in [0, 0.1) is 6.92 Å². The molecule has 4 aromatic rings. The molecular formula is C28H25ClN2O2S. The van der Waals surface area contributed by atoms with Crippen molar-refractivity contribution in [1.29, 1.82) is 0 Å². The molecule has 1 N–H and O–H groups in total. The van der Waals surface area contributed by atoms with E-state index in [0.29, 0.717) is 22.9 Å². The molecule has 1 aliphatic carbocycles. The summed E-state index contributed by atoms with van der Waals surface area (Å²) in [5, 5.41) is 4.50. The quantitative estimate of drug-likeness (QED) is 0.285. The summed E-state index contributed by atoms with van der Waals surface area (Å²) in [5.41, 5.74) is 4.99. The standard InChI is InChI=1S/C28H25ClN2O2S/c1-18-11-12-20(29)15-23(18)24-14-13-21(33-24)17-31-28-26(22-9-5-6-10-25(22)34-28)27(32)30-16-19-7-3-2-4-8-19/h2-4,7-8,11-15,17H,5-6,9-10,16H2,1H3,(H,30,32). The van der Waals surface area contributed by atoms with E-state index < -0.39 is 0 Å². The molecule has 34 heavy (non-hydrogen) atoms. The number of halogens is 1. The molecule has 4 nitrogen and oxygen atoms in total. The number of nitrogens with one attached hydrogen (secondary N) is 1. The Bertz CT molecular complexity index is 1350. The summed E-state index contributed by atoms with van der Waals surface area (Å²) in [4.78, 5) is 19.2. The molecule has 0 saturated heterocycles. The van der Waals surface area contributed by atoms with Crippen LogP contribution in [0.15, 0.2) is 70.1 Å². The number of furan rings is 1. The van der Waals surface area contributed by atoms with Gasteiger partial charge in [-0.3, -0.25) is 4.79 Å². The van der Waals surface area contributed by atoms with Gasteiger partial charge in [0.05, 0.1) is 11.8 Å². The van der Waals surface area contributed by atoms with Gasteiger partial charge in [-0.15, -0.1) is 11.3 Å². The highest BCUT2D eigenvalue weighted by Crippen LogP contribution is 2.40. The van der Waals surface area contributed by atoms with Crippen molar-refractivity contribution in [3.63, 3.8) is 0 Å². The van der Waals surface area contributed by atoms with Gasteiger partial charge in [0.1, 0.15) is 16.5 Å². The summed E-state index contributed by atoms with van der Waals surface area (Å²) >= 11 is 7.79. The second-order valence-corrected chi connectivity index (χ2v) is 10.00. The molecule has 2 heterocycles. The zero-order valence-corrected chi connectivity index (χ0v) is 20.5. The third kappa shape index (κ3) is 4.86. The van der Waals surface area contributed by atoms with Gasteiger partial charge in [0.25, 0.3) is 5.91 Å². The largest absolute Gasteiger partial charge is 0.455 e. The molecule has 0 spiro atoms. The fourth-order valence-electron chi connectivity index (χ4n) is 4.29. The van der Waals surface area contributed by atoms with E-state index in [9.17, 15) is 4.79 Å². The lowest BCUT2D eigenvalue weighted by molar-refractivity contribution is 0.0951. The molecular weight excluding hydrogens is 464 g/mol. The summed E-state index contributed by atoms with van der Waals surface area (Å²) in [7, 11) is 0. The number of amides is 1. The second-order valence-electron chi connectivity index (χ2n) is 8.48. The number of hydrogen-bond acceptors (Lipinski definition) is 4. The van der Waals surface area contributed by atoms with E-state index in [0.717, 1.165) is 58.7 Å². The number of benzene rings is 2. The first-order valence-corrected chi connectivity index (χ1v) is 12.6. The second kappa shape index (κ2) is 10.00. The van der Waals surface area contributed by atoms with Crippen LogP contribution in [0.5, 0.6) is 0 Å². The Labute approximate surface area is 208 Å². The molecule has 5 rings (SSSR count). The minimum absolute atomic E-state index is 0.0647. The van der Waals surface area contributed by atoms with Crippen molar-refractivity contribution in [3.05, 3.63) is 98.6 Å². The molecule has 1 amide bonds. The number of carbonyl (C=O) groups is 1. The summed E-state index contributed by atoms with van der Waals surface area (Å²) in [6.07, 6.45) is 5.89. The normalized spacial score (nSPS) is 13.2. The van der Waals surface area contributed by atoms with Gasteiger partial charge in [0.2, 0.25) is 0 Å². The van der Waals surface area contributed by atoms with Crippen molar-refractivity contribution in [2.24, 2.45) is 4.99 Å². The number of rotatable bonds is 6. The van der Waals surface area contributed by atoms with Crippen LogP contribution in [0.1, 0.15) is 50.5 Å². The molecule has 6 heteroatoms. The minimum atomic E-state index is -0.0647. The number of aliphatic imine (C=N–C) groups is 1. The Hall–Kier alpha value is -3.15. The molecule has 2 aromatic carbocycles. The lowest BCUT2D eigenvalue weighted by atomic mass is 9.95. The lowest BCUT2D eigenvalue weighted by Gasteiger charge is -2.12. The van der Waals surface area contributed by atoms with Crippen LogP contribution in [0.25, 0.3) is 11.3 Å². The summed E-state index contributed by atoms with van der Waals surface area (Å²) in [6, 6.07) is 19.5. The molecule has 0 bridgehead atoms. The van der Waals surface area contributed by atoms with Crippen LogP contribution in [-0.2, 0) is 19.4 Å². The van der Waals surface area contributed by atoms with Crippen LogP contribution >= 0.6 is 22.9 Å². The monoisotopic (exact) mass is 488 g/mol. The third-order valence-corrected chi connectivity index (χ3v) is 7.51. The zero-order chi connectivity index (χ0) is 23.5. The Balaban J connectivity index is 1.40. The van der Waals surface area contributed by atoms with Crippen molar-refractivity contribution in [3.8, 4) is 11.3 Å². The Morgan fingerprint density at radius 1 is 1.12 bits per heavy atom. The molecule has 172 valence electrons. The average Bonchev–Trinajstić information content (AvgIpc) is 3.48. The van der Waals surface area contributed by atoms with E-state index in [1.807, 2.05) is 67.6 Å². The predicted molar refractivity (Wildman–Crippen MR) is 140 cm³/mol. The number of thiophene rings is 1. The fraction of sp³-hybridized carbons (Fsp3) is 0.214. The van der Waals surface area contributed by atoms with Crippen LogP contribution in [0.2, 0.25) is 5.02 Å². The Morgan fingerprint density at radius 2 is 1.94 bits per heavy atom. The third-order valence-electron chi connectivity index (χ3n) is 6.08. The summed E-state index contributed by atoms with van der Waals surface area (Å²) in [6.45, 7) is 2.52. The molecule has 0 aliphatic heterocycles. The Morgan fingerprint density at radius 3 is 2.79 bits per heavy atom. The maximum Gasteiger partial charge on any atom is 0.254 e. The van der Waals surface area contributed by atoms with Gasteiger partial charge in [0.15, 0.2) is 0 Å². The topological polar surface area (TPSA) is 54.6 Å². The van der Waals surface area contributed by atoms with Crippen molar-refractivity contribution >= 4 is 40.1 Å². The van der Waals surface area contributed by atoms with Crippen LogP contribution in [-0.4, -0.2) is 12.1 Å². The number of hydrogen-bond donors (Lipinski definition) is 1. The smallest absolute Gasteiger partial charge is 0.254 e. The number of fused-ring (bicyclic) bond motifs is 1. The summed E-state index contributed by atoms with van der Waals surface area (Å²) in [5.74, 6) is 1.31. The van der Waals surface area contributed by atoms with E-state index >= 15 is 0 Å². The highest BCUT2D eigenvalue weighted by atomic mass is 35.5. The number of carbonyl (C=O) groups excluding carboxylic acids is 1. The van der Waals surface area contributed by atoms with Crippen molar-refractivity contribution in [1.82, 2.24) is 5.32 Å². The number of aryl methyl sites for hydroxylation is 2. The van der Waals surface area contributed by atoms with Gasteiger partial charge in [-0.1, -0.05) is 48.0 Å². The SMILES string of the molecule is Cc1ccc(Cl)cc1-c1ccc(C=Nc2sc3c(c2C(=O)NCc2ccccc2)CCCC3)o1. The van der Waals surface area contributed by atoms with Gasteiger partial charge >= 0.3 is 0 Å². The molecule has 0 saturated carbocycles. The van der Waals surface area contributed by atoms with Crippen LogP contribution in [0.3, 0.4) is 0 Å². The van der Waals surface area contributed by atoms with Gasteiger partial charge in [-0.05, 0) is 73.6 Å². The molecule has 0 atom stereocenters. The fourth-order valence-corrected chi connectivity index (χ4v) is 5.69. The van der Waals surface area contributed by atoms with E-state index in [1.165, 1.54) is 4.88 Å². The summed E-state index contributed by atoms with van der Waals surface area (Å²) < 4.78 is 6.03. The molecule has 0 radical (unpaired) electrons. The van der Waals surface area contributed by atoms with Gasteiger partial charge in [-0.25, -0.2) is 4.99 Å². The molecule has 1 aliphatic rings. The maximum absolute atomic E-state index is 13.2. The molecule has 0 unspecified atom stereocenters. The maximum atomic E-state index is 13.2. The zero-order valence-electron chi connectivity index (χ0n) is 18.9. The predicted octanol–water partition coefficient (Wildman–Crippen LogP) is 7.53. The first-order valence-electron chi connectivity index (χ1n) is 11.5. The van der Waals surface area contributed by atoms with Crippen molar-refractivity contribution in [2.45, 2.75) is 39.2 Å². The van der Waals surface area contributed by atoms with Gasteiger partial charge < -0.3 is 9.73 Å². The highest BCUT2D eigenvalue weighted by molar-refractivity contribution is 7.16. The number of nitrogens with zero attached hydrogens (tertiary/aromatic N) is 1. The van der Waals surface area contributed by atoms with E-state index in [2.05, 4.69) is 5.32 Å². The van der Waals surface area contributed by atoms with Gasteiger partial charge in [-0.2, -0.15) is 0 Å². The van der Waals surface area contributed by atoms with Crippen molar-refractivity contribution < 1.29 is 9.21 Å². The van der Waals surface area contributed by atoms with Crippen LogP contribution < -0.4 is 5.32 Å². The molecule has 2 aromatic heterocycles. The van der Waals surface area contributed by atoms with E-state index in [4.69, 9.17) is 21.0 Å². The average molecular weight is 489 g/mol. The highest BCUT2D eigenvalue weighted by Gasteiger charge is 2.25. The lowest BCUT2D eigenvalue weighted by Crippen LogP contribution is -2.24. The Kier molecular flexibility index (Phi) is 6.66. The van der Waals surface area contributed by atoms with Crippen LogP contribution in [0.4, 0.5) is 5.00 Å². The first kappa shape index (κ1) is 22.6.